The molecule has 0 bridgehead atoms. The first-order valence-electron chi connectivity index (χ1n) is 8.27. The summed E-state index contributed by atoms with van der Waals surface area (Å²) in [6, 6.07) is 7.94. The van der Waals surface area contributed by atoms with E-state index in [0.29, 0.717) is 23.4 Å². The number of aromatic nitrogens is 4. The number of halogens is 2. The molecule has 3 aromatic rings. The Bertz CT molecular complexity index is 857. The van der Waals surface area contributed by atoms with E-state index in [1.807, 2.05) is 49.8 Å². The molecule has 140 valence electrons. The van der Waals surface area contributed by atoms with Gasteiger partial charge in [0.15, 0.2) is 5.82 Å². The van der Waals surface area contributed by atoms with Crippen molar-refractivity contribution in [2.24, 2.45) is 0 Å². The third-order valence-corrected chi connectivity index (χ3v) is 4.58. The zero-order valence-electron chi connectivity index (χ0n) is 15.3. The lowest BCUT2D eigenvalue weighted by molar-refractivity contribution is 0.377. The molecule has 2 heterocycles. The Hall–Kier alpha value is -1.89. The molecule has 0 aliphatic carbocycles. The van der Waals surface area contributed by atoms with Crippen LogP contribution in [0.4, 0.5) is 0 Å². The van der Waals surface area contributed by atoms with Gasteiger partial charge in [-0.2, -0.15) is 10.1 Å². The van der Waals surface area contributed by atoms with E-state index in [4.69, 9.17) is 16.1 Å². The molecule has 0 aliphatic heterocycles. The molecule has 1 unspecified atom stereocenters. The summed E-state index contributed by atoms with van der Waals surface area (Å²) in [5, 5.41) is 12.6. The van der Waals surface area contributed by atoms with E-state index in [2.05, 4.69) is 27.5 Å². The minimum absolute atomic E-state index is 0. The summed E-state index contributed by atoms with van der Waals surface area (Å²) in [5.74, 6) is 1.33. The van der Waals surface area contributed by atoms with Crippen LogP contribution < -0.4 is 5.32 Å². The number of nitrogens with one attached hydrogen (secondary N) is 1. The maximum atomic E-state index is 5.97. The highest BCUT2D eigenvalue weighted by atomic mass is 35.5. The fourth-order valence-electron chi connectivity index (χ4n) is 2.74. The van der Waals surface area contributed by atoms with E-state index in [1.165, 1.54) is 0 Å². The molecule has 1 aromatic carbocycles. The maximum Gasteiger partial charge on any atom is 0.231 e. The van der Waals surface area contributed by atoms with Crippen molar-refractivity contribution in [3.63, 3.8) is 0 Å². The van der Waals surface area contributed by atoms with Gasteiger partial charge < -0.3 is 9.84 Å². The van der Waals surface area contributed by atoms with Gasteiger partial charge in [-0.25, -0.2) is 4.68 Å². The van der Waals surface area contributed by atoms with Crippen LogP contribution in [0.5, 0.6) is 0 Å². The molecule has 0 amide bonds. The zero-order valence-corrected chi connectivity index (χ0v) is 16.9. The number of hydrogen-bond donors (Lipinski definition) is 1. The van der Waals surface area contributed by atoms with Gasteiger partial charge in [0.05, 0.1) is 17.8 Å². The molecule has 0 aliphatic rings. The Labute approximate surface area is 164 Å². The van der Waals surface area contributed by atoms with E-state index in [0.717, 1.165) is 34.9 Å². The van der Waals surface area contributed by atoms with Crippen molar-refractivity contribution in [2.75, 3.05) is 7.05 Å². The van der Waals surface area contributed by atoms with Gasteiger partial charge in [-0.1, -0.05) is 16.8 Å². The second kappa shape index (κ2) is 8.66. The highest BCUT2D eigenvalue weighted by Gasteiger charge is 2.17. The summed E-state index contributed by atoms with van der Waals surface area (Å²) >= 11 is 5.97. The molecule has 0 saturated carbocycles. The minimum Gasteiger partial charge on any atom is -0.339 e. The average Bonchev–Trinajstić information content (AvgIpc) is 3.15. The number of rotatable bonds is 6. The molecule has 26 heavy (non-hydrogen) atoms. The quantitative estimate of drug-likeness (QED) is 0.688. The maximum absolute atomic E-state index is 5.97. The Morgan fingerprint density at radius 1 is 1.23 bits per heavy atom. The summed E-state index contributed by atoms with van der Waals surface area (Å²) in [7, 11) is 1.92. The zero-order chi connectivity index (χ0) is 18.0. The number of hydrogen-bond acceptors (Lipinski definition) is 5. The van der Waals surface area contributed by atoms with Crippen LogP contribution in [0, 0.1) is 13.8 Å². The predicted octanol–water partition coefficient (Wildman–Crippen LogP) is 3.69. The van der Waals surface area contributed by atoms with Crippen molar-refractivity contribution in [1.82, 2.24) is 25.2 Å². The van der Waals surface area contributed by atoms with Crippen LogP contribution in [0.25, 0.3) is 5.69 Å². The molecule has 0 fully saturated rings. The lowest BCUT2D eigenvalue weighted by atomic mass is 10.1. The van der Waals surface area contributed by atoms with Crippen molar-refractivity contribution in [1.29, 1.82) is 0 Å². The number of nitrogens with zero attached hydrogens (tertiary/aromatic N) is 4. The minimum atomic E-state index is 0. The summed E-state index contributed by atoms with van der Waals surface area (Å²) in [6.07, 6.45) is 1.31. The molecule has 0 saturated heterocycles. The fourth-order valence-corrected chi connectivity index (χ4v) is 2.86. The van der Waals surface area contributed by atoms with Crippen LogP contribution in [0.3, 0.4) is 0 Å². The van der Waals surface area contributed by atoms with Crippen LogP contribution in [0.2, 0.25) is 5.02 Å². The van der Waals surface area contributed by atoms with E-state index < -0.39 is 0 Å². The molecule has 1 N–H and O–H groups in total. The van der Waals surface area contributed by atoms with Crippen molar-refractivity contribution >= 4 is 24.0 Å². The second-order valence-electron chi connectivity index (χ2n) is 6.21. The molecular weight excluding hydrogens is 373 g/mol. The van der Waals surface area contributed by atoms with Gasteiger partial charge in [0, 0.05) is 28.7 Å². The molecular formula is C18H23Cl2N5O. The fraction of sp³-hybridized carbons (Fsp3) is 0.389. The smallest absolute Gasteiger partial charge is 0.231 e. The molecule has 1 atom stereocenters. The van der Waals surface area contributed by atoms with E-state index in [-0.39, 0.29) is 12.4 Å². The first-order chi connectivity index (χ1) is 12.0. The lowest BCUT2D eigenvalue weighted by Gasteiger charge is -2.05. The van der Waals surface area contributed by atoms with Gasteiger partial charge >= 0.3 is 0 Å². The average molecular weight is 396 g/mol. The standard InChI is InChI=1S/C18H22ClN5O.ClH/c1-11(20-4)9-17-21-18(25-23-17)10-16-12(2)22-24(13(16)3)15-7-5-14(19)6-8-15;/h5-8,11,20H,9-10H2,1-4H3;1H. The first kappa shape index (κ1) is 20.4. The Morgan fingerprint density at radius 3 is 2.58 bits per heavy atom. The summed E-state index contributed by atoms with van der Waals surface area (Å²) in [5.41, 5.74) is 4.09. The van der Waals surface area contributed by atoms with E-state index in [9.17, 15) is 0 Å². The number of likely N-dealkylation sites (N-methyl/N-ethyl adjacent to an activating group) is 1. The largest absolute Gasteiger partial charge is 0.339 e. The number of aryl methyl sites for hydroxylation is 1. The van der Waals surface area contributed by atoms with Crippen LogP contribution in [-0.4, -0.2) is 33.0 Å². The van der Waals surface area contributed by atoms with Crippen molar-refractivity contribution in [3.05, 3.63) is 58.0 Å². The number of benzene rings is 1. The van der Waals surface area contributed by atoms with Crippen LogP contribution >= 0.6 is 24.0 Å². The van der Waals surface area contributed by atoms with Crippen LogP contribution in [0.15, 0.2) is 28.8 Å². The first-order valence-corrected chi connectivity index (χ1v) is 8.65. The topological polar surface area (TPSA) is 68.8 Å². The molecule has 3 rings (SSSR count). The van der Waals surface area contributed by atoms with Gasteiger partial charge in [0.25, 0.3) is 0 Å². The third kappa shape index (κ3) is 4.44. The molecule has 0 radical (unpaired) electrons. The third-order valence-electron chi connectivity index (χ3n) is 4.33. The van der Waals surface area contributed by atoms with Crippen molar-refractivity contribution < 1.29 is 4.52 Å². The Morgan fingerprint density at radius 2 is 1.92 bits per heavy atom. The van der Waals surface area contributed by atoms with Crippen LogP contribution in [0.1, 0.15) is 35.6 Å². The monoisotopic (exact) mass is 395 g/mol. The van der Waals surface area contributed by atoms with Crippen molar-refractivity contribution in [3.8, 4) is 5.69 Å². The van der Waals surface area contributed by atoms with Gasteiger partial charge in [-0.05, 0) is 52.1 Å². The molecule has 0 spiro atoms. The summed E-state index contributed by atoms with van der Waals surface area (Å²) in [6.45, 7) is 6.12. The SMILES string of the molecule is CNC(C)Cc1noc(Cc2c(C)nn(-c3ccc(Cl)cc3)c2C)n1.Cl. The highest BCUT2D eigenvalue weighted by Crippen LogP contribution is 2.21. The summed E-state index contributed by atoms with van der Waals surface area (Å²) < 4.78 is 7.33. The second-order valence-corrected chi connectivity index (χ2v) is 6.65. The van der Waals surface area contributed by atoms with Gasteiger partial charge in [-0.3, -0.25) is 0 Å². The van der Waals surface area contributed by atoms with Crippen LogP contribution in [-0.2, 0) is 12.8 Å². The van der Waals surface area contributed by atoms with Gasteiger partial charge in [-0.15, -0.1) is 12.4 Å². The normalized spacial score (nSPS) is 12.0. The molecule has 2 aromatic heterocycles. The van der Waals surface area contributed by atoms with E-state index >= 15 is 0 Å². The predicted molar refractivity (Wildman–Crippen MR) is 105 cm³/mol. The molecule has 6 nitrogen and oxygen atoms in total. The van der Waals surface area contributed by atoms with Gasteiger partial charge in [0.1, 0.15) is 0 Å². The summed E-state index contributed by atoms with van der Waals surface area (Å²) in [4.78, 5) is 4.50. The lowest BCUT2D eigenvalue weighted by Crippen LogP contribution is -2.24. The molecule has 8 heteroatoms. The Balaban J connectivity index is 0.00000243. The van der Waals surface area contributed by atoms with E-state index in [1.54, 1.807) is 0 Å². The highest BCUT2D eigenvalue weighted by molar-refractivity contribution is 6.30. The van der Waals surface area contributed by atoms with Gasteiger partial charge in [0.2, 0.25) is 5.89 Å². The van der Waals surface area contributed by atoms with Crippen molar-refractivity contribution in [2.45, 2.75) is 39.7 Å². The Kier molecular flexibility index (Phi) is 6.81.